The molecule has 1 aliphatic heterocycles. The normalized spacial score (nSPS) is 31.1. The highest BCUT2D eigenvalue weighted by Gasteiger charge is 2.65. The Bertz CT molecular complexity index is 388. The summed E-state index contributed by atoms with van der Waals surface area (Å²) >= 11 is 32.5. The smallest absolute Gasteiger partial charge is 0.143 e. The molecule has 0 saturated carbocycles. The minimum atomic E-state index is -2.77. The van der Waals surface area contributed by atoms with Crippen molar-refractivity contribution in [3.05, 3.63) is 35.9 Å². The highest BCUT2D eigenvalue weighted by atomic mass is 35.7. The summed E-state index contributed by atoms with van der Waals surface area (Å²) in [7, 11) is 0. The summed E-state index contributed by atoms with van der Waals surface area (Å²) < 4.78 is -2.18. The lowest BCUT2D eigenvalue weighted by atomic mass is 10.0. The van der Waals surface area contributed by atoms with E-state index in [1.165, 1.54) is 0 Å². The Kier molecular flexibility index (Phi) is 4.01. The van der Waals surface area contributed by atoms with Gasteiger partial charge in [-0.2, -0.15) is 0 Å². The fourth-order valence-electron chi connectivity index (χ4n) is 2.23. The molecular weight excluding hydrogens is 337 g/mol. The van der Waals surface area contributed by atoms with Crippen molar-refractivity contribution in [2.45, 2.75) is 27.7 Å². The lowest BCUT2D eigenvalue weighted by Gasteiger charge is -2.48. The molecule has 1 aromatic carbocycles. The fourth-order valence-corrected chi connectivity index (χ4v) is 9.41. The summed E-state index contributed by atoms with van der Waals surface area (Å²) in [5.74, 6) is 0. The number of benzene rings is 1. The molecule has 0 nitrogen and oxygen atoms in total. The van der Waals surface area contributed by atoms with Crippen LogP contribution in [0.25, 0.3) is 0 Å². The summed E-state index contributed by atoms with van der Waals surface area (Å²) in [6, 6.07) is 10.1. The molecule has 17 heavy (non-hydrogen) atoms. The maximum atomic E-state index is 6.72. The van der Waals surface area contributed by atoms with Crippen LogP contribution >= 0.6 is 57.0 Å². The van der Waals surface area contributed by atoms with E-state index in [1.54, 1.807) is 0 Å². The van der Waals surface area contributed by atoms with Crippen molar-refractivity contribution in [3.8, 4) is 0 Å². The largest absolute Gasteiger partial charge is 0.278 e. The number of hydrogen-bond donors (Lipinski definition) is 0. The standard InChI is InChI=1S/C11H11Cl5Si/c12-10(13)7-4-8-17(15,16)11(10,14)9-5-2-1-3-6-9/h1-3,5-6H,4,7-8H2. The Morgan fingerprint density at radius 2 is 1.59 bits per heavy atom. The van der Waals surface area contributed by atoms with Crippen molar-refractivity contribution in [3.63, 3.8) is 0 Å². The topological polar surface area (TPSA) is 0 Å². The van der Waals surface area contributed by atoms with Gasteiger partial charge in [-0.3, -0.25) is 0 Å². The molecule has 0 aliphatic carbocycles. The fraction of sp³-hybridized carbons (Fsp3) is 0.455. The van der Waals surface area contributed by atoms with Gasteiger partial charge in [0, 0.05) is 0 Å². The summed E-state index contributed by atoms with van der Waals surface area (Å²) in [6.45, 7) is -2.77. The maximum Gasteiger partial charge on any atom is 0.278 e. The van der Waals surface area contributed by atoms with E-state index >= 15 is 0 Å². The van der Waals surface area contributed by atoms with Crippen molar-refractivity contribution < 1.29 is 0 Å². The van der Waals surface area contributed by atoms with Crippen LogP contribution in [-0.2, 0) is 4.50 Å². The Balaban J connectivity index is 2.57. The minimum Gasteiger partial charge on any atom is -0.143 e. The average molecular weight is 349 g/mol. The van der Waals surface area contributed by atoms with Crippen LogP contribution in [0.15, 0.2) is 30.3 Å². The van der Waals surface area contributed by atoms with Crippen molar-refractivity contribution in [2.24, 2.45) is 0 Å². The lowest BCUT2D eigenvalue weighted by molar-refractivity contribution is 0.568. The molecule has 1 saturated heterocycles. The van der Waals surface area contributed by atoms with Gasteiger partial charge in [0.2, 0.25) is 0 Å². The van der Waals surface area contributed by atoms with Gasteiger partial charge < -0.3 is 0 Å². The number of halogens is 5. The molecule has 0 amide bonds. The van der Waals surface area contributed by atoms with Crippen molar-refractivity contribution in [1.29, 1.82) is 0 Å². The molecule has 0 spiro atoms. The second kappa shape index (κ2) is 4.77. The third kappa shape index (κ3) is 2.24. The number of hydrogen-bond acceptors (Lipinski definition) is 0. The first-order valence-electron chi connectivity index (χ1n) is 5.31. The van der Waals surface area contributed by atoms with E-state index in [1.807, 2.05) is 30.3 Å². The monoisotopic (exact) mass is 346 g/mol. The van der Waals surface area contributed by atoms with Gasteiger partial charge in [-0.05, 0) is 18.0 Å². The van der Waals surface area contributed by atoms with Crippen LogP contribution in [0, 0.1) is 0 Å². The molecule has 6 heteroatoms. The quantitative estimate of drug-likeness (QED) is 0.355. The number of alkyl halides is 3. The second-order valence-electron chi connectivity index (χ2n) is 4.29. The predicted octanol–water partition coefficient (Wildman–Crippen LogP) is 5.55. The van der Waals surface area contributed by atoms with Gasteiger partial charge >= 0.3 is 0 Å². The van der Waals surface area contributed by atoms with E-state index in [0.717, 1.165) is 12.0 Å². The summed E-state index contributed by atoms with van der Waals surface area (Å²) in [6.07, 6.45) is 1.41. The minimum absolute atomic E-state index is 0.600. The van der Waals surface area contributed by atoms with E-state index in [2.05, 4.69) is 0 Å². The first kappa shape index (κ1) is 14.3. The molecule has 1 unspecified atom stereocenters. The molecular formula is C11H11Cl5Si. The van der Waals surface area contributed by atoms with Crippen LogP contribution in [-0.4, -0.2) is 11.0 Å². The van der Waals surface area contributed by atoms with Crippen molar-refractivity contribution in [2.75, 3.05) is 0 Å². The molecule has 1 fully saturated rings. The highest BCUT2D eigenvalue weighted by Crippen LogP contribution is 2.61. The van der Waals surface area contributed by atoms with Gasteiger partial charge in [0.1, 0.15) is 8.83 Å². The molecule has 0 radical (unpaired) electrons. The van der Waals surface area contributed by atoms with Crippen LogP contribution in [0.3, 0.4) is 0 Å². The predicted molar refractivity (Wildman–Crippen MR) is 79.9 cm³/mol. The third-order valence-corrected chi connectivity index (χ3v) is 12.2. The highest BCUT2D eigenvalue weighted by molar-refractivity contribution is 7.48. The Morgan fingerprint density at radius 3 is 2.12 bits per heavy atom. The van der Waals surface area contributed by atoms with Gasteiger partial charge in [0.15, 0.2) is 0 Å². The number of rotatable bonds is 1. The van der Waals surface area contributed by atoms with Crippen LogP contribution < -0.4 is 0 Å². The third-order valence-electron chi connectivity index (χ3n) is 3.16. The molecule has 0 aromatic heterocycles. The van der Waals surface area contributed by atoms with E-state index in [-0.39, 0.29) is 0 Å². The SMILES string of the molecule is ClC1(Cl)CCC[Si](Cl)(Cl)C1(Cl)c1ccccc1. The summed E-state index contributed by atoms with van der Waals surface area (Å²) in [5.41, 5.74) is 0.808. The molecule has 94 valence electrons. The Labute approximate surface area is 127 Å². The molecule has 1 aromatic rings. The summed E-state index contributed by atoms with van der Waals surface area (Å²) in [5, 5.41) is 0. The second-order valence-corrected chi connectivity index (χ2v) is 13.8. The van der Waals surface area contributed by atoms with Gasteiger partial charge in [-0.15, -0.1) is 33.8 Å². The van der Waals surface area contributed by atoms with Gasteiger partial charge in [0.25, 0.3) is 6.69 Å². The van der Waals surface area contributed by atoms with E-state index < -0.39 is 15.5 Å². The van der Waals surface area contributed by atoms with E-state index in [9.17, 15) is 0 Å². The first-order chi connectivity index (χ1) is 7.81. The van der Waals surface area contributed by atoms with Gasteiger partial charge in [0.05, 0.1) is 0 Å². The summed E-state index contributed by atoms with van der Waals surface area (Å²) in [4.78, 5) is 0. The van der Waals surface area contributed by atoms with Gasteiger partial charge in [-0.25, -0.2) is 0 Å². The van der Waals surface area contributed by atoms with Crippen LogP contribution in [0.1, 0.15) is 18.4 Å². The van der Waals surface area contributed by atoms with E-state index in [4.69, 9.17) is 57.0 Å². The molecule has 2 rings (SSSR count). The molecule has 0 bridgehead atoms. The molecule has 1 heterocycles. The van der Waals surface area contributed by atoms with Gasteiger partial charge in [-0.1, -0.05) is 60.0 Å². The van der Waals surface area contributed by atoms with E-state index in [0.29, 0.717) is 12.5 Å². The molecule has 0 N–H and O–H groups in total. The molecule has 1 atom stereocenters. The first-order valence-corrected chi connectivity index (χ1v) is 10.7. The van der Waals surface area contributed by atoms with Crippen molar-refractivity contribution in [1.82, 2.24) is 0 Å². The lowest BCUT2D eigenvalue weighted by Crippen LogP contribution is -2.57. The Morgan fingerprint density at radius 1 is 1.00 bits per heavy atom. The van der Waals surface area contributed by atoms with Crippen LogP contribution in [0.2, 0.25) is 6.04 Å². The zero-order chi connectivity index (χ0) is 12.7. The average Bonchev–Trinajstić information content (AvgIpc) is 2.26. The Hall–Kier alpha value is 0.887. The maximum absolute atomic E-state index is 6.72. The molecule has 1 aliphatic rings. The van der Waals surface area contributed by atoms with Crippen molar-refractivity contribution >= 4 is 63.7 Å². The van der Waals surface area contributed by atoms with Crippen LogP contribution in [0.4, 0.5) is 0 Å². The van der Waals surface area contributed by atoms with Crippen LogP contribution in [0.5, 0.6) is 0 Å². The zero-order valence-corrected chi connectivity index (χ0v) is 13.7. The zero-order valence-electron chi connectivity index (χ0n) is 8.90.